The molecule has 2 saturated heterocycles. The second kappa shape index (κ2) is 8.08. The van der Waals surface area contributed by atoms with E-state index in [1.54, 1.807) is 0 Å². The van der Waals surface area contributed by atoms with Gasteiger partial charge in [0.15, 0.2) is 0 Å². The molecule has 0 radical (unpaired) electrons. The smallest absolute Gasteiger partial charge is 0.208 e. The van der Waals surface area contributed by atoms with Gasteiger partial charge in [-0.3, -0.25) is 4.79 Å². The normalized spacial score (nSPS) is 24.1. The van der Waals surface area contributed by atoms with Crippen LogP contribution in [0.15, 0.2) is 0 Å². The number of nitrogens with zero attached hydrogens (tertiary/aromatic N) is 2. The molecule has 2 fully saturated rings. The zero-order valence-electron chi connectivity index (χ0n) is 9.33. The molecule has 0 atom stereocenters. The summed E-state index contributed by atoms with van der Waals surface area (Å²) in [4.78, 5) is 8.57. The molecule has 15 heavy (non-hydrogen) atoms. The predicted octanol–water partition coefficient (Wildman–Crippen LogP) is 2.29. The van der Waals surface area contributed by atoms with Crippen LogP contribution in [0, 0.1) is 0 Å². The topological polar surface area (TPSA) is 23.6 Å². The number of carbonyl (C=O) groups is 1. The monoisotopic (exact) mass is 232 g/mol. The first-order chi connectivity index (χ1) is 7.38. The lowest BCUT2D eigenvalue weighted by Gasteiger charge is -2.39. The summed E-state index contributed by atoms with van der Waals surface area (Å²) in [6.45, 7) is 5.28. The van der Waals surface area contributed by atoms with Gasteiger partial charge in [0.1, 0.15) is 0 Å². The quantitative estimate of drug-likeness (QED) is 0.512. The van der Waals surface area contributed by atoms with Gasteiger partial charge in [0, 0.05) is 26.2 Å². The lowest BCUT2D eigenvalue weighted by Crippen LogP contribution is -2.47. The van der Waals surface area contributed by atoms with E-state index in [9.17, 15) is 0 Å². The van der Waals surface area contributed by atoms with Gasteiger partial charge in [0.25, 0.3) is 0 Å². The van der Waals surface area contributed by atoms with Crippen LogP contribution < -0.4 is 0 Å². The van der Waals surface area contributed by atoms with E-state index >= 15 is 0 Å². The molecule has 4 heteroatoms. The summed E-state index contributed by atoms with van der Waals surface area (Å²) in [5.41, 5.74) is 0. The Kier molecular flexibility index (Phi) is 6.98. The molecule has 2 rings (SSSR count). The van der Waals surface area contributed by atoms with Crippen molar-refractivity contribution >= 4 is 17.3 Å². The number of hydrazine groups is 1. The molecular weight excluding hydrogens is 212 g/mol. The molecule has 0 unspecified atom stereocenters. The molecule has 2 aliphatic rings. The van der Waals surface area contributed by atoms with Crippen molar-refractivity contribution in [1.29, 1.82) is 0 Å². The Hall–Kier alpha value is -0.120. The lowest BCUT2D eigenvalue weighted by atomic mass is 10.1. The van der Waals surface area contributed by atoms with E-state index < -0.39 is 0 Å². The highest BCUT2D eigenvalue weighted by Crippen LogP contribution is 2.16. The first kappa shape index (κ1) is 12.9. The van der Waals surface area contributed by atoms with Crippen LogP contribution in [0.4, 0.5) is 0 Å². The molecule has 2 aliphatic heterocycles. The Morgan fingerprint density at radius 3 is 1.27 bits per heavy atom. The second-order valence-electron chi connectivity index (χ2n) is 4.12. The van der Waals surface area contributed by atoms with Crippen molar-refractivity contribution in [3.63, 3.8) is 0 Å². The SMILES string of the molecule is C1CCN(N2CCCCC2)CC1.O=CCl. The molecule has 88 valence electrons. The minimum absolute atomic E-state index is 0.222. The maximum atomic E-state index is 8.57. The second-order valence-corrected chi connectivity index (χ2v) is 4.30. The molecule has 0 N–H and O–H groups in total. The van der Waals surface area contributed by atoms with Crippen LogP contribution in [-0.2, 0) is 4.79 Å². The summed E-state index contributed by atoms with van der Waals surface area (Å²) in [7, 11) is 0. The Labute approximate surface area is 97.3 Å². The van der Waals surface area contributed by atoms with Gasteiger partial charge in [-0.2, -0.15) is 0 Å². The fraction of sp³-hybridized carbons (Fsp3) is 0.909. The van der Waals surface area contributed by atoms with Crippen molar-refractivity contribution < 1.29 is 4.79 Å². The van der Waals surface area contributed by atoms with Gasteiger partial charge in [-0.05, 0) is 37.3 Å². The first-order valence-corrected chi connectivity index (χ1v) is 6.36. The van der Waals surface area contributed by atoms with Gasteiger partial charge < -0.3 is 0 Å². The van der Waals surface area contributed by atoms with Crippen molar-refractivity contribution in [2.75, 3.05) is 26.2 Å². The summed E-state index contributed by atoms with van der Waals surface area (Å²) < 4.78 is 0. The molecule has 0 aliphatic carbocycles. The zero-order valence-corrected chi connectivity index (χ0v) is 10.1. The summed E-state index contributed by atoms with van der Waals surface area (Å²) in [5.74, 6) is 0.222. The Morgan fingerprint density at radius 2 is 1.00 bits per heavy atom. The van der Waals surface area contributed by atoms with Crippen LogP contribution in [0.2, 0.25) is 0 Å². The van der Waals surface area contributed by atoms with Gasteiger partial charge >= 0.3 is 0 Å². The number of piperidine rings is 2. The van der Waals surface area contributed by atoms with Gasteiger partial charge in [0.05, 0.1) is 0 Å². The fourth-order valence-corrected chi connectivity index (χ4v) is 2.32. The maximum absolute atomic E-state index is 8.57. The zero-order chi connectivity index (χ0) is 10.9. The van der Waals surface area contributed by atoms with Gasteiger partial charge in [-0.1, -0.05) is 12.8 Å². The number of carbonyl (C=O) groups excluding carboxylic acids is 1. The van der Waals surface area contributed by atoms with E-state index in [4.69, 9.17) is 4.79 Å². The van der Waals surface area contributed by atoms with Crippen molar-refractivity contribution in [3.8, 4) is 0 Å². The third-order valence-corrected chi connectivity index (χ3v) is 3.06. The van der Waals surface area contributed by atoms with E-state index in [0.717, 1.165) is 0 Å². The molecule has 0 aromatic rings. The molecule has 3 nitrogen and oxygen atoms in total. The van der Waals surface area contributed by atoms with E-state index in [0.29, 0.717) is 0 Å². The minimum atomic E-state index is 0.222. The summed E-state index contributed by atoms with van der Waals surface area (Å²) in [6, 6.07) is 0. The molecule has 0 bridgehead atoms. The highest BCUT2D eigenvalue weighted by Gasteiger charge is 2.19. The fourth-order valence-electron chi connectivity index (χ4n) is 2.32. The summed E-state index contributed by atoms with van der Waals surface area (Å²) in [6.07, 6.45) is 8.55. The summed E-state index contributed by atoms with van der Waals surface area (Å²) in [5, 5.41) is 5.17. The van der Waals surface area contributed by atoms with Crippen molar-refractivity contribution in [2.24, 2.45) is 0 Å². The van der Waals surface area contributed by atoms with Crippen molar-refractivity contribution in [3.05, 3.63) is 0 Å². The van der Waals surface area contributed by atoms with E-state index in [2.05, 4.69) is 21.6 Å². The Morgan fingerprint density at radius 1 is 0.733 bits per heavy atom. The largest absolute Gasteiger partial charge is 0.285 e. The highest BCUT2D eigenvalue weighted by molar-refractivity contribution is 6.54. The van der Waals surface area contributed by atoms with E-state index in [-0.39, 0.29) is 5.75 Å². The molecule has 0 aromatic heterocycles. The average molecular weight is 233 g/mol. The number of rotatable bonds is 1. The van der Waals surface area contributed by atoms with Crippen LogP contribution >= 0.6 is 11.6 Å². The van der Waals surface area contributed by atoms with Crippen LogP contribution in [0.3, 0.4) is 0 Å². The molecule has 0 amide bonds. The van der Waals surface area contributed by atoms with E-state index in [1.165, 1.54) is 64.7 Å². The molecular formula is C11H21ClN2O. The molecule has 0 spiro atoms. The number of hydrogen-bond donors (Lipinski definition) is 0. The van der Waals surface area contributed by atoms with Crippen LogP contribution in [-0.4, -0.2) is 41.9 Å². The predicted molar refractivity (Wildman–Crippen MR) is 63.5 cm³/mol. The van der Waals surface area contributed by atoms with Crippen LogP contribution in [0.25, 0.3) is 0 Å². The third kappa shape index (κ3) is 4.96. The standard InChI is InChI=1S/C10H20N2.CHClO/c1-3-7-11(8-4-1)12-9-5-2-6-10-12;2-1-3/h1-10H2;1H. The van der Waals surface area contributed by atoms with E-state index in [1.807, 2.05) is 0 Å². The lowest BCUT2D eigenvalue weighted by molar-refractivity contribution is -0.0518. The van der Waals surface area contributed by atoms with Crippen molar-refractivity contribution in [1.82, 2.24) is 10.0 Å². The number of halogens is 1. The Bertz CT molecular complexity index is 150. The van der Waals surface area contributed by atoms with Crippen LogP contribution in [0.1, 0.15) is 38.5 Å². The average Bonchev–Trinajstić information content (AvgIpc) is 2.32. The van der Waals surface area contributed by atoms with Gasteiger partial charge in [-0.25, -0.2) is 10.0 Å². The van der Waals surface area contributed by atoms with Gasteiger partial charge in [-0.15, -0.1) is 0 Å². The van der Waals surface area contributed by atoms with Crippen molar-refractivity contribution in [2.45, 2.75) is 38.5 Å². The third-order valence-electron chi connectivity index (χ3n) is 3.06. The van der Waals surface area contributed by atoms with Crippen LogP contribution in [0.5, 0.6) is 0 Å². The summed E-state index contributed by atoms with van der Waals surface area (Å²) >= 11 is 4.32. The van der Waals surface area contributed by atoms with Gasteiger partial charge in [0.2, 0.25) is 5.75 Å². The molecule has 0 aromatic carbocycles. The number of hydrogen-bond acceptors (Lipinski definition) is 3. The molecule has 0 saturated carbocycles. The highest BCUT2D eigenvalue weighted by atomic mass is 35.5. The first-order valence-electron chi connectivity index (χ1n) is 5.92. The Balaban J connectivity index is 0.000000337. The maximum Gasteiger partial charge on any atom is 0.208 e. The molecule has 2 heterocycles. The minimum Gasteiger partial charge on any atom is -0.285 e.